The lowest BCUT2D eigenvalue weighted by atomic mass is 9.97. The van der Waals surface area contributed by atoms with Gasteiger partial charge in [0.05, 0.1) is 45.7 Å². The Hall–Kier alpha value is -6.85. The number of aliphatic hydroxyl groups excluding tert-OH is 10. The highest BCUT2D eigenvalue weighted by Crippen LogP contribution is 2.28. The summed E-state index contributed by atoms with van der Waals surface area (Å²) in [5.41, 5.74) is 0. The van der Waals surface area contributed by atoms with Crippen LogP contribution in [0.2, 0.25) is 0 Å². The minimum atomic E-state index is -1.47. The molecule has 0 aromatic rings. The third-order valence-electron chi connectivity index (χ3n) is 21.7. The van der Waals surface area contributed by atoms with E-state index in [1.54, 1.807) is 17.1 Å². The Kier molecular flexibility index (Phi) is 52.7. The van der Waals surface area contributed by atoms with Crippen molar-refractivity contribution >= 4 is 65.0 Å². The molecule has 0 spiro atoms. The first kappa shape index (κ1) is 107. The number of nitrogens with one attached hydrogen (secondary N) is 9. The first-order valence-electron chi connectivity index (χ1n) is 44.0. The summed E-state index contributed by atoms with van der Waals surface area (Å²) >= 11 is 0. The van der Waals surface area contributed by atoms with E-state index in [4.69, 9.17) is 42.6 Å². The quantitative estimate of drug-likeness (QED) is 0.0205. The van der Waals surface area contributed by atoms with Crippen LogP contribution >= 0.6 is 0 Å². The first-order chi connectivity index (χ1) is 59.1. The van der Waals surface area contributed by atoms with Crippen molar-refractivity contribution in [1.29, 1.82) is 0 Å². The fraction of sp³-hybridized carbons (Fsp3) is 0.841. The lowest BCUT2D eigenvalue weighted by Crippen LogP contribution is -2.64. The minimum Gasteiger partial charge on any atom is -0.394 e. The monoisotopic (exact) mass is 1760 g/mol. The van der Waals surface area contributed by atoms with E-state index >= 15 is 0 Å². The summed E-state index contributed by atoms with van der Waals surface area (Å²) in [4.78, 5) is 144. The standard InChI is InChI=1S/C82H143N11O30/c1-5-55-46-56(100)47-93(55)69(108)29-13-11-9-7-6-8-10-12-28-68(107)92-39-20-24-57(115-43-30-65(104)86-36-21-33-83-62(101)25-14-17-40-118-80-70(89-52(2)97)76(112)73(109)59(49-94)121-80)79(117-45-32-67(106)88-38-23-35-85-64(103)27-16-19-42-120-82-72(91-54(4)99)78(114)75(111)61(51-96)123-82)58(48-92)116-44-31-66(105)87-37-22-34-84-63(102)26-15-18-41-119-81-71(90-53(3)98)77(113)74(110)60(50-95)122-81/h20,24,55-61,70-82,94-96,100,109-114H,5-19,21-23,25-51H2,1-4H3,(H,83,101)(H,84,102)(H,85,103)(H,86,104)(H,87,105)(H,88,106)(H,89,97)(H,90,98)(H,91,99)/b24-20-/t55-,56-,57-,58+,59-,60-,61-,70-,71-,72-,73+,74+,75+,76-,77-,78-,79+,80-,81-,82-/m1/s1. The van der Waals surface area contributed by atoms with Gasteiger partial charge >= 0.3 is 0 Å². The molecular weight excluding hydrogens is 1620 g/mol. The molecule has 0 radical (unpaired) electrons. The van der Waals surface area contributed by atoms with E-state index in [1.807, 2.05) is 11.8 Å². The highest BCUT2D eigenvalue weighted by atomic mass is 16.7. The van der Waals surface area contributed by atoms with Crippen LogP contribution in [-0.2, 0) is 95.4 Å². The molecule has 0 bridgehead atoms. The second-order valence-electron chi connectivity index (χ2n) is 31.8. The van der Waals surface area contributed by atoms with Gasteiger partial charge in [-0.3, -0.25) is 52.7 Å². The predicted molar refractivity (Wildman–Crippen MR) is 439 cm³/mol. The zero-order chi connectivity index (χ0) is 90.0. The van der Waals surface area contributed by atoms with Crippen LogP contribution in [0.25, 0.3) is 0 Å². The van der Waals surface area contributed by atoms with Crippen LogP contribution in [0.5, 0.6) is 0 Å². The maximum Gasteiger partial charge on any atom is 0.222 e. The normalized spacial score (nSPS) is 27.3. The van der Waals surface area contributed by atoms with Gasteiger partial charge in [-0.05, 0) is 83.5 Å². The molecule has 4 fully saturated rings. The molecule has 5 aliphatic rings. The summed E-state index contributed by atoms with van der Waals surface area (Å²) in [7, 11) is 0. The summed E-state index contributed by atoms with van der Waals surface area (Å²) in [6, 6.07) is -3.22. The Labute approximate surface area is 720 Å². The number of carbonyl (C=O) groups excluding carboxylic acids is 11. The fourth-order valence-corrected chi connectivity index (χ4v) is 14.9. The number of β-amino-alcohol motifs (C(OH)–C–C–N with tert-alkyl or cyclic N) is 1. The third-order valence-corrected chi connectivity index (χ3v) is 21.7. The number of hydrogen-bond acceptors (Lipinski definition) is 30. The Morgan fingerprint density at radius 2 is 0.707 bits per heavy atom. The Morgan fingerprint density at radius 3 is 1.07 bits per heavy atom. The van der Waals surface area contributed by atoms with Crippen molar-refractivity contribution in [3.63, 3.8) is 0 Å². The van der Waals surface area contributed by atoms with E-state index in [0.717, 1.165) is 51.4 Å². The number of nitrogens with zero attached hydrogens (tertiary/aromatic N) is 2. The predicted octanol–water partition coefficient (Wildman–Crippen LogP) is -3.76. The molecule has 5 aliphatic heterocycles. The van der Waals surface area contributed by atoms with Crippen molar-refractivity contribution in [3.8, 4) is 0 Å². The molecular formula is C82H143N11O30. The van der Waals surface area contributed by atoms with Crippen LogP contribution in [0.3, 0.4) is 0 Å². The van der Waals surface area contributed by atoms with E-state index in [-0.39, 0.29) is 190 Å². The smallest absolute Gasteiger partial charge is 0.222 e. The maximum absolute atomic E-state index is 14.2. The number of hydrogen-bond donors (Lipinski definition) is 19. The molecule has 0 unspecified atom stereocenters. The fourth-order valence-electron chi connectivity index (χ4n) is 14.9. The molecule has 20 atom stereocenters. The molecule has 0 aromatic heterocycles. The average Bonchev–Trinajstić information content (AvgIpc) is 0.983. The molecule has 5 heterocycles. The molecule has 0 saturated carbocycles. The van der Waals surface area contributed by atoms with Crippen LogP contribution in [-0.4, -0.2) is 367 Å². The van der Waals surface area contributed by atoms with Crippen LogP contribution in [0.4, 0.5) is 0 Å². The maximum atomic E-state index is 14.2. The van der Waals surface area contributed by atoms with Crippen LogP contribution in [0.1, 0.15) is 201 Å². The molecule has 4 saturated heterocycles. The summed E-state index contributed by atoms with van der Waals surface area (Å²) in [5.74, 6) is -3.45. The SMILES string of the molecule is CC[C@@H]1C[C@@H](O)CN1C(=O)CCCCCCCCCCC(=O)N1C/C=C\[C@@H](OCCC(=O)NCCCNC(=O)CCCCO[C@@H]2O[C@H](CO)[C@H](O)[C@H](O)[C@H]2NC(C)=O)[C@H](OCCC(=O)NCCCNC(=O)CCCCO[C@@H]2O[C@H](CO)[C@H](O)[C@H](O)[C@H]2NC(C)=O)[C@@H](OCCC(=O)NCCCNC(=O)CCCCO[C@@H]2O[C@H](CO)[C@H](O)[C@H](O)[C@H]2NC(C)=O)C1. The highest BCUT2D eigenvalue weighted by molar-refractivity contribution is 5.79. The van der Waals surface area contributed by atoms with Crippen molar-refractivity contribution in [1.82, 2.24) is 57.7 Å². The van der Waals surface area contributed by atoms with Gasteiger partial charge in [0.2, 0.25) is 65.0 Å². The van der Waals surface area contributed by atoms with Gasteiger partial charge < -0.3 is 151 Å². The minimum absolute atomic E-state index is 0.0201. The average molecular weight is 1760 g/mol. The number of rotatable bonds is 60. The molecule has 0 aliphatic carbocycles. The van der Waals surface area contributed by atoms with Gasteiger partial charge in [0.15, 0.2) is 18.9 Å². The Morgan fingerprint density at radius 1 is 0.374 bits per heavy atom. The van der Waals surface area contributed by atoms with E-state index in [0.29, 0.717) is 83.6 Å². The zero-order valence-electron chi connectivity index (χ0n) is 72.1. The van der Waals surface area contributed by atoms with E-state index in [9.17, 15) is 104 Å². The third kappa shape index (κ3) is 40.8. The topological polar surface area (TPSA) is 588 Å². The summed E-state index contributed by atoms with van der Waals surface area (Å²) in [6.45, 7) is 5.49. The summed E-state index contributed by atoms with van der Waals surface area (Å²) in [6.07, 6.45) is -3.10. The van der Waals surface area contributed by atoms with Crippen molar-refractivity contribution in [2.75, 3.05) is 118 Å². The van der Waals surface area contributed by atoms with Gasteiger partial charge in [0, 0.05) is 157 Å². The molecule has 41 heteroatoms. The van der Waals surface area contributed by atoms with Crippen molar-refractivity contribution < 1.29 is 146 Å². The second kappa shape index (κ2) is 60.8. The molecule has 19 N–H and O–H groups in total. The zero-order valence-corrected chi connectivity index (χ0v) is 72.1. The summed E-state index contributed by atoms with van der Waals surface area (Å²) in [5, 5.41) is 126. The van der Waals surface area contributed by atoms with Crippen molar-refractivity contribution in [2.24, 2.45) is 0 Å². The summed E-state index contributed by atoms with van der Waals surface area (Å²) < 4.78 is 53.5. The Bertz CT molecular complexity index is 3160. The van der Waals surface area contributed by atoms with Gasteiger partial charge in [0.25, 0.3) is 0 Å². The second-order valence-corrected chi connectivity index (χ2v) is 31.8. The molecule has 41 nitrogen and oxygen atoms in total. The Balaban J connectivity index is 1.15. The highest BCUT2D eigenvalue weighted by Gasteiger charge is 2.48. The molecule has 5 rings (SSSR count). The van der Waals surface area contributed by atoms with Crippen molar-refractivity contribution in [2.45, 2.75) is 323 Å². The van der Waals surface area contributed by atoms with Gasteiger partial charge in [-0.15, -0.1) is 0 Å². The molecule has 11 amide bonds. The van der Waals surface area contributed by atoms with Gasteiger partial charge in [0.1, 0.15) is 91.4 Å². The largest absolute Gasteiger partial charge is 0.394 e. The molecule has 123 heavy (non-hydrogen) atoms. The van der Waals surface area contributed by atoms with Crippen LogP contribution in [0.15, 0.2) is 12.2 Å². The molecule has 706 valence electrons. The van der Waals surface area contributed by atoms with Gasteiger partial charge in [-0.1, -0.05) is 57.6 Å². The van der Waals surface area contributed by atoms with Crippen LogP contribution < -0.4 is 47.9 Å². The van der Waals surface area contributed by atoms with Gasteiger partial charge in [-0.25, -0.2) is 0 Å². The van der Waals surface area contributed by atoms with Crippen LogP contribution in [0, 0.1) is 0 Å². The van der Waals surface area contributed by atoms with Gasteiger partial charge in [-0.2, -0.15) is 0 Å². The number of unbranched alkanes of at least 4 members (excludes halogenated alkanes) is 10. The lowest BCUT2D eigenvalue weighted by Gasteiger charge is -2.42. The van der Waals surface area contributed by atoms with Crippen molar-refractivity contribution in [3.05, 3.63) is 12.2 Å². The van der Waals surface area contributed by atoms with E-state index in [2.05, 4.69) is 47.9 Å². The number of aliphatic hydroxyl groups is 10. The number of carbonyl (C=O) groups is 11. The van der Waals surface area contributed by atoms with E-state index in [1.165, 1.54) is 20.8 Å². The number of ether oxygens (including phenoxy) is 9. The first-order valence-corrected chi connectivity index (χ1v) is 44.0. The lowest BCUT2D eigenvalue weighted by molar-refractivity contribution is -0.270. The van der Waals surface area contributed by atoms with E-state index < -0.39 is 154 Å². The number of likely N-dealkylation sites (tertiary alicyclic amines) is 1. The molecule has 0 aromatic carbocycles. The number of amides is 11.